The zero-order valence-corrected chi connectivity index (χ0v) is 16.9. The van der Waals surface area contributed by atoms with Crippen molar-refractivity contribution >= 4 is 22.4 Å². The van der Waals surface area contributed by atoms with E-state index < -0.39 is 0 Å². The molecule has 0 radical (unpaired) electrons. The molecule has 4 rings (SSSR count). The fourth-order valence-corrected chi connectivity index (χ4v) is 3.82. The zero-order valence-electron chi connectivity index (χ0n) is 16.9. The maximum Gasteiger partial charge on any atom is 0.132 e. The third-order valence-corrected chi connectivity index (χ3v) is 5.29. The van der Waals surface area contributed by atoms with E-state index in [1.54, 1.807) is 0 Å². The van der Waals surface area contributed by atoms with Crippen LogP contribution in [0.15, 0.2) is 36.5 Å². The van der Waals surface area contributed by atoms with Gasteiger partial charge in [-0.15, -0.1) is 0 Å². The van der Waals surface area contributed by atoms with Crippen LogP contribution in [0.2, 0.25) is 0 Å². The van der Waals surface area contributed by atoms with Gasteiger partial charge in [-0.3, -0.25) is 9.88 Å². The molecule has 0 bridgehead atoms. The van der Waals surface area contributed by atoms with E-state index in [0.29, 0.717) is 0 Å². The van der Waals surface area contributed by atoms with Gasteiger partial charge in [0.15, 0.2) is 0 Å². The average molecular weight is 377 g/mol. The largest absolute Gasteiger partial charge is 0.383 e. The van der Waals surface area contributed by atoms with Crippen LogP contribution < -0.4 is 10.2 Å². The van der Waals surface area contributed by atoms with E-state index in [-0.39, 0.29) is 0 Å². The number of fused-ring (bicyclic) bond motifs is 1. The predicted molar refractivity (Wildman–Crippen MR) is 115 cm³/mol. The molecule has 146 valence electrons. The Hall–Kier alpha value is -2.73. The normalized spacial score (nSPS) is 15.2. The lowest BCUT2D eigenvalue weighted by atomic mass is 10.1. The van der Waals surface area contributed by atoms with Crippen LogP contribution in [0.1, 0.15) is 17.1 Å². The Morgan fingerprint density at radius 1 is 0.964 bits per heavy atom. The molecule has 0 atom stereocenters. The monoisotopic (exact) mass is 376 g/mol. The third-order valence-electron chi connectivity index (χ3n) is 5.29. The molecular formula is C22H28N6. The Kier molecular flexibility index (Phi) is 5.39. The van der Waals surface area contributed by atoms with Gasteiger partial charge in [0.25, 0.3) is 0 Å². The second-order valence-corrected chi connectivity index (χ2v) is 7.55. The molecule has 0 aliphatic carbocycles. The Labute approximate surface area is 166 Å². The molecule has 1 saturated heterocycles. The lowest BCUT2D eigenvalue weighted by Gasteiger charge is -2.35. The summed E-state index contributed by atoms with van der Waals surface area (Å²) in [4.78, 5) is 18.3. The van der Waals surface area contributed by atoms with E-state index in [2.05, 4.69) is 67.3 Å². The molecule has 6 heteroatoms. The molecule has 0 saturated carbocycles. The summed E-state index contributed by atoms with van der Waals surface area (Å²) in [6.07, 6.45) is 1.88. The van der Waals surface area contributed by atoms with Crippen molar-refractivity contribution in [2.75, 3.05) is 49.5 Å². The first kappa shape index (κ1) is 18.6. The van der Waals surface area contributed by atoms with Crippen molar-refractivity contribution in [1.29, 1.82) is 0 Å². The minimum absolute atomic E-state index is 0.849. The summed E-state index contributed by atoms with van der Waals surface area (Å²) in [6.45, 7) is 12.2. The number of benzene rings is 1. The van der Waals surface area contributed by atoms with Gasteiger partial charge in [0, 0.05) is 68.3 Å². The van der Waals surface area contributed by atoms with E-state index in [1.807, 2.05) is 20.0 Å². The van der Waals surface area contributed by atoms with Gasteiger partial charge in [-0.25, -0.2) is 9.97 Å². The highest BCUT2D eigenvalue weighted by molar-refractivity contribution is 5.91. The summed E-state index contributed by atoms with van der Waals surface area (Å²) < 4.78 is 0. The van der Waals surface area contributed by atoms with E-state index in [0.717, 1.165) is 67.8 Å². The van der Waals surface area contributed by atoms with Crippen LogP contribution in [0.5, 0.6) is 0 Å². The second-order valence-electron chi connectivity index (χ2n) is 7.55. The summed E-state index contributed by atoms with van der Waals surface area (Å²) in [7, 11) is 0. The first-order chi connectivity index (χ1) is 13.6. The van der Waals surface area contributed by atoms with Gasteiger partial charge in [0.1, 0.15) is 11.6 Å². The number of aromatic nitrogens is 3. The van der Waals surface area contributed by atoms with Gasteiger partial charge in [-0.2, -0.15) is 0 Å². The molecule has 3 aromatic rings. The van der Waals surface area contributed by atoms with Gasteiger partial charge in [0.2, 0.25) is 0 Å². The van der Waals surface area contributed by atoms with Crippen LogP contribution >= 0.6 is 0 Å². The lowest BCUT2D eigenvalue weighted by molar-refractivity contribution is 0.266. The highest BCUT2D eigenvalue weighted by Gasteiger charge is 2.18. The summed E-state index contributed by atoms with van der Waals surface area (Å²) in [6, 6.07) is 10.6. The van der Waals surface area contributed by atoms with E-state index in [1.165, 1.54) is 10.9 Å². The third kappa shape index (κ3) is 4.22. The molecule has 1 fully saturated rings. The quantitative estimate of drug-likeness (QED) is 0.738. The fraction of sp³-hybridized carbons (Fsp3) is 0.409. The van der Waals surface area contributed by atoms with E-state index in [9.17, 15) is 0 Å². The smallest absolute Gasteiger partial charge is 0.132 e. The number of nitrogens with zero attached hydrogens (tertiary/aromatic N) is 5. The van der Waals surface area contributed by atoms with Crippen molar-refractivity contribution in [3.63, 3.8) is 0 Å². The summed E-state index contributed by atoms with van der Waals surface area (Å²) >= 11 is 0. The van der Waals surface area contributed by atoms with Crippen molar-refractivity contribution in [3.8, 4) is 0 Å². The Morgan fingerprint density at radius 3 is 2.57 bits per heavy atom. The van der Waals surface area contributed by atoms with Crippen LogP contribution in [0, 0.1) is 20.8 Å². The Balaban J connectivity index is 1.30. The molecule has 0 amide bonds. The maximum absolute atomic E-state index is 4.60. The van der Waals surface area contributed by atoms with E-state index in [4.69, 9.17) is 0 Å². The van der Waals surface area contributed by atoms with Gasteiger partial charge in [-0.05, 0) is 38.5 Å². The van der Waals surface area contributed by atoms with Crippen LogP contribution in [0.3, 0.4) is 0 Å². The Bertz CT molecular complexity index is 942. The van der Waals surface area contributed by atoms with Crippen molar-refractivity contribution in [1.82, 2.24) is 19.9 Å². The highest BCUT2D eigenvalue weighted by Crippen LogP contribution is 2.22. The number of aryl methyl sites for hydroxylation is 3. The number of anilines is 2. The number of hydrogen-bond acceptors (Lipinski definition) is 6. The van der Waals surface area contributed by atoms with Crippen molar-refractivity contribution in [2.24, 2.45) is 0 Å². The van der Waals surface area contributed by atoms with Crippen LogP contribution in [0.25, 0.3) is 10.9 Å². The number of nitrogens with one attached hydrogen (secondary N) is 1. The summed E-state index contributed by atoms with van der Waals surface area (Å²) in [5.74, 6) is 1.91. The molecular weight excluding hydrogens is 348 g/mol. The van der Waals surface area contributed by atoms with Crippen molar-refractivity contribution in [3.05, 3.63) is 53.6 Å². The standard InChI is InChI=1S/C22H28N6/c1-16-4-5-19-20(6-7-23-21(19)14-16)24-8-9-27-10-12-28(13-11-27)22-15-17(2)25-18(3)26-22/h4-7,14-15H,8-13H2,1-3H3,(H,23,24). The topological polar surface area (TPSA) is 57.2 Å². The zero-order chi connectivity index (χ0) is 19.5. The molecule has 2 aromatic heterocycles. The molecule has 28 heavy (non-hydrogen) atoms. The predicted octanol–water partition coefficient (Wildman–Crippen LogP) is 3.18. The van der Waals surface area contributed by atoms with Crippen LogP contribution in [0.4, 0.5) is 11.5 Å². The molecule has 1 N–H and O–H groups in total. The lowest BCUT2D eigenvalue weighted by Crippen LogP contribution is -2.48. The number of piperazine rings is 1. The minimum atomic E-state index is 0.849. The Morgan fingerprint density at radius 2 is 1.79 bits per heavy atom. The summed E-state index contributed by atoms with van der Waals surface area (Å²) in [5, 5.41) is 4.78. The molecule has 0 unspecified atom stereocenters. The minimum Gasteiger partial charge on any atom is -0.383 e. The maximum atomic E-state index is 4.60. The second kappa shape index (κ2) is 8.10. The number of pyridine rings is 1. The number of rotatable bonds is 5. The van der Waals surface area contributed by atoms with Crippen LogP contribution in [-0.4, -0.2) is 59.1 Å². The van der Waals surface area contributed by atoms with Crippen molar-refractivity contribution < 1.29 is 0 Å². The molecule has 1 aliphatic rings. The highest BCUT2D eigenvalue weighted by atomic mass is 15.3. The summed E-state index contributed by atoms with van der Waals surface area (Å²) in [5.41, 5.74) is 4.49. The molecule has 3 heterocycles. The van der Waals surface area contributed by atoms with Crippen molar-refractivity contribution in [2.45, 2.75) is 20.8 Å². The van der Waals surface area contributed by atoms with Crippen LogP contribution in [-0.2, 0) is 0 Å². The fourth-order valence-electron chi connectivity index (χ4n) is 3.82. The molecule has 0 spiro atoms. The first-order valence-corrected chi connectivity index (χ1v) is 9.97. The molecule has 1 aromatic carbocycles. The van der Waals surface area contributed by atoms with Gasteiger partial charge >= 0.3 is 0 Å². The molecule has 1 aliphatic heterocycles. The van der Waals surface area contributed by atoms with Gasteiger partial charge in [0.05, 0.1) is 5.52 Å². The van der Waals surface area contributed by atoms with Gasteiger partial charge < -0.3 is 10.2 Å². The van der Waals surface area contributed by atoms with Gasteiger partial charge in [-0.1, -0.05) is 12.1 Å². The van der Waals surface area contributed by atoms with E-state index >= 15 is 0 Å². The molecule has 6 nitrogen and oxygen atoms in total. The number of hydrogen-bond donors (Lipinski definition) is 1. The SMILES string of the molecule is Cc1ccc2c(NCCN3CCN(c4cc(C)nc(C)n4)CC3)ccnc2c1. The average Bonchev–Trinajstić information content (AvgIpc) is 2.67. The first-order valence-electron chi connectivity index (χ1n) is 9.97.